The van der Waals surface area contributed by atoms with Gasteiger partial charge in [-0.05, 0) is 30.3 Å². The van der Waals surface area contributed by atoms with Crippen molar-refractivity contribution in [3.63, 3.8) is 0 Å². The summed E-state index contributed by atoms with van der Waals surface area (Å²) < 4.78 is 1.96. The molecule has 1 amide bonds. The number of thioether (sulfide) groups is 1. The quantitative estimate of drug-likeness (QED) is 0.381. The van der Waals surface area contributed by atoms with Crippen LogP contribution in [-0.2, 0) is 4.79 Å². The number of amides is 1. The molecule has 0 unspecified atom stereocenters. The van der Waals surface area contributed by atoms with Crippen molar-refractivity contribution in [3.8, 4) is 0 Å². The Kier molecular flexibility index (Phi) is 5.73. The number of thiazole rings is 1. The zero-order valence-electron chi connectivity index (χ0n) is 12.2. The van der Waals surface area contributed by atoms with Crippen molar-refractivity contribution in [2.24, 2.45) is 5.10 Å². The molecule has 24 heavy (non-hydrogen) atoms. The number of hydrogen-bond donors (Lipinski definition) is 1. The van der Waals surface area contributed by atoms with Crippen molar-refractivity contribution in [1.29, 1.82) is 0 Å². The summed E-state index contributed by atoms with van der Waals surface area (Å²) in [6.45, 7) is 0. The number of nitrogens with zero attached hydrogens (tertiary/aromatic N) is 2. The third-order valence-electron chi connectivity index (χ3n) is 2.95. The molecule has 122 valence electrons. The molecule has 0 bridgehead atoms. The van der Waals surface area contributed by atoms with Gasteiger partial charge >= 0.3 is 0 Å². The van der Waals surface area contributed by atoms with Gasteiger partial charge in [0.1, 0.15) is 0 Å². The molecule has 0 spiro atoms. The summed E-state index contributed by atoms with van der Waals surface area (Å²) in [6.07, 6.45) is 1.47. The van der Waals surface area contributed by atoms with Crippen LogP contribution < -0.4 is 5.43 Å². The van der Waals surface area contributed by atoms with Crippen molar-refractivity contribution in [3.05, 3.63) is 58.1 Å². The molecule has 1 aromatic heterocycles. The minimum absolute atomic E-state index is 0.214. The Labute approximate surface area is 156 Å². The second-order valence-electron chi connectivity index (χ2n) is 4.70. The number of para-hydroxylation sites is 1. The number of hydrazone groups is 1. The van der Waals surface area contributed by atoms with Crippen LogP contribution in [0.4, 0.5) is 0 Å². The number of rotatable bonds is 5. The molecule has 0 atom stereocenters. The highest BCUT2D eigenvalue weighted by Gasteiger charge is 2.07. The lowest BCUT2D eigenvalue weighted by Crippen LogP contribution is -2.19. The van der Waals surface area contributed by atoms with Gasteiger partial charge in [0.05, 0.1) is 22.2 Å². The highest BCUT2D eigenvalue weighted by molar-refractivity contribution is 8.01. The Morgan fingerprint density at radius 3 is 2.96 bits per heavy atom. The van der Waals surface area contributed by atoms with Gasteiger partial charge in [0.15, 0.2) is 4.34 Å². The van der Waals surface area contributed by atoms with E-state index in [4.69, 9.17) is 23.2 Å². The van der Waals surface area contributed by atoms with Gasteiger partial charge in [-0.15, -0.1) is 11.3 Å². The molecule has 0 saturated heterocycles. The number of hydrogen-bond acceptors (Lipinski definition) is 5. The van der Waals surface area contributed by atoms with Crippen molar-refractivity contribution in [1.82, 2.24) is 10.4 Å². The fraction of sp³-hybridized carbons (Fsp3) is 0.0625. The SMILES string of the molecule is O=C(CSc1nc2ccccc2s1)N/N=C\c1cc(Cl)ccc1Cl. The van der Waals surface area contributed by atoms with Crippen LogP contribution in [0.3, 0.4) is 0 Å². The van der Waals surface area contributed by atoms with E-state index in [1.807, 2.05) is 24.3 Å². The van der Waals surface area contributed by atoms with Crippen LogP contribution in [0.15, 0.2) is 51.9 Å². The monoisotopic (exact) mass is 395 g/mol. The maximum Gasteiger partial charge on any atom is 0.250 e. The van der Waals surface area contributed by atoms with Gasteiger partial charge in [-0.25, -0.2) is 10.4 Å². The Balaban J connectivity index is 1.54. The third kappa shape index (κ3) is 4.48. The van der Waals surface area contributed by atoms with Crippen molar-refractivity contribution in [2.45, 2.75) is 4.34 Å². The van der Waals surface area contributed by atoms with Crippen LogP contribution in [-0.4, -0.2) is 22.9 Å². The van der Waals surface area contributed by atoms with Gasteiger partial charge in [0.2, 0.25) is 0 Å². The Morgan fingerprint density at radius 2 is 2.12 bits per heavy atom. The van der Waals surface area contributed by atoms with E-state index in [2.05, 4.69) is 15.5 Å². The standard InChI is InChI=1S/C16H11Cl2N3OS2/c17-11-5-6-12(18)10(7-11)8-19-21-15(22)9-23-16-20-13-3-1-2-4-14(13)24-16/h1-8H,9H2,(H,21,22)/b19-8-. The molecular formula is C16H11Cl2N3OS2. The van der Waals surface area contributed by atoms with E-state index >= 15 is 0 Å². The first-order valence-electron chi connectivity index (χ1n) is 6.87. The minimum Gasteiger partial charge on any atom is -0.272 e. The van der Waals surface area contributed by atoms with Gasteiger partial charge in [-0.3, -0.25) is 4.79 Å². The molecule has 0 fully saturated rings. The summed E-state index contributed by atoms with van der Waals surface area (Å²) in [5, 5.41) is 4.97. The summed E-state index contributed by atoms with van der Waals surface area (Å²) in [7, 11) is 0. The summed E-state index contributed by atoms with van der Waals surface area (Å²) in [5.41, 5.74) is 4.05. The lowest BCUT2D eigenvalue weighted by molar-refractivity contribution is -0.118. The van der Waals surface area contributed by atoms with Crippen LogP contribution in [0.5, 0.6) is 0 Å². The molecular weight excluding hydrogens is 385 g/mol. The molecule has 1 heterocycles. The molecule has 0 radical (unpaired) electrons. The molecule has 2 aromatic carbocycles. The highest BCUT2D eigenvalue weighted by Crippen LogP contribution is 2.29. The molecule has 4 nitrogen and oxygen atoms in total. The first kappa shape index (κ1) is 17.2. The number of carbonyl (C=O) groups excluding carboxylic acids is 1. The molecule has 1 N–H and O–H groups in total. The van der Waals surface area contributed by atoms with Crippen molar-refractivity contribution in [2.75, 3.05) is 5.75 Å². The first-order chi connectivity index (χ1) is 11.6. The maximum atomic E-state index is 11.8. The number of carbonyl (C=O) groups is 1. The average molecular weight is 396 g/mol. The normalized spacial score (nSPS) is 11.2. The number of fused-ring (bicyclic) bond motifs is 1. The lowest BCUT2D eigenvalue weighted by atomic mass is 10.2. The second kappa shape index (κ2) is 7.98. The van der Waals surface area contributed by atoms with Gasteiger partial charge in [-0.1, -0.05) is 47.1 Å². The summed E-state index contributed by atoms with van der Waals surface area (Å²) in [4.78, 5) is 16.3. The molecule has 0 aliphatic rings. The van der Waals surface area contributed by atoms with E-state index < -0.39 is 0 Å². The van der Waals surface area contributed by atoms with Crippen LogP contribution >= 0.6 is 46.3 Å². The van der Waals surface area contributed by atoms with Crippen molar-refractivity contribution < 1.29 is 4.79 Å². The number of aromatic nitrogens is 1. The molecule has 0 aliphatic carbocycles. The van der Waals surface area contributed by atoms with E-state index in [0.717, 1.165) is 14.6 Å². The van der Waals surface area contributed by atoms with E-state index in [1.54, 1.807) is 29.5 Å². The predicted octanol–water partition coefficient (Wildman–Crippen LogP) is 4.85. The van der Waals surface area contributed by atoms with Crippen LogP contribution in [0.25, 0.3) is 10.2 Å². The third-order valence-corrected chi connectivity index (χ3v) is 5.71. The Bertz CT molecular complexity index is 878. The molecule has 3 rings (SSSR count). The average Bonchev–Trinajstić information content (AvgIpc) is 2.99. The van der Waals surface area contributed by atoms with Crippen LogP contribution in [0.2, 0.25) is 10.0 Å². The fourth-order valence-electron chi connectivity index (χ4n) is 1.86. The summed E-state index contributed by atoms with van der Waals surface area (Å²) in [6, 6.07) is 12.9. The van der Waals surface area contributed by atoms with Crippen molar-refractivity contribution >= 4 is 68.6 Å². The van der Waals surface area contributed by atoms with E-state index in [1.165, 1.54) is 18.0 Å². The smallest absolute Gasteiger partial charge is 0.250 e. The van der Waals surface area contributed by atoms with Gasteiger partial charge in [-0.2, -0.15) is 5.10 Å². The topological polar surface area (TPSA) is 54.4 Å². The molecule has 0 aliphatic heterocycles. The van der Waals surface area contributed by atoms with Gasteiger partial charge < -0.3 is 0 Å². The highest BCUT2D eigenvalue weighted by atomic mass is 35.5. The molecule has 0 saturated carbocycles. The summed E-state index contributed by atoms with van der Waals surface area (Å²) >= 11 is 14.9. The zero-order chi connectivity index (χ0) is 16.9. The second-order valence-corrected chi connectivity index (χ2v) is 7.79. The molecule has 8 heteroatoms. The van der Waals surface area contributed by atoms with E-state index in [-0.39, 0.29) is 11.7 Å². The number of benzene rings is 2. The van der Waals surface area contributed by atoms with Gasteiger partial charge in [0, 0.05) is 15.6 Å². The lowest BCUT2D eigenvalue weighted by Gasteiger charge is -2.00. The first-order valence-corrected chi connectivity index (χ1v) is 9.43. The largest absolute Gasteiger partial charge is 0.272 e. The zero-order valence-corrected chi connectivity index (χ0v) is 15.3. The van der Waals surface area contributed by atoms with E-state index in [9.17, 15) is 4.79 Å². The maximum absolute atomic E-state index is 11.8. The summed E-state index contributed by atoms with van der Waals surface area (Å²) in [5.74, 6) is 0.0223. The van der Waals surface area contributed by atoms with Gasteiger partial charge in [0.25, 0.3) is 5.91 Å². The van der Waals surface area contributed by atoms with Crippen LogP contribution in [0, 0.1) is 0 Å². The fourth-order valence-corrected chi connectivity index (χ4v) is 4.07. The predicted molar refractivity (Wildman–Crippen MR) is 103 cm³/mol. The Morgan fingerprint density at radius 1 is 1.29 bits per heavy atom. The van der Waals surface area contributed by atoms with E-state index in [0.29, 0.717) is 15.6 Å². The van der Waals surface area contributed by atoms with Crippen LogP contribution in [0.1, 0.15) is 5.56 Å². The molecule has 3 aromatic rings. The Hall–Kier alpha value is -1.60. The minimum atomic E-state index is -0.214. The number of halogens is 2. The number of nitrogens with one attached hydrogen (secondary N) is 1.